The fraction of sp³-hybridized carbons (Fsp3) is 0.167. The Hall–Kier alpha value is -2.19. The first-order valence-electron chi connectivity index (χ1n) is 5.16. The molecule has 2 rings (SSSR count). The molecule has 0 saturated carbocycles. The first-order chi connectivity index (χ1) is 8.29. The standard InChI is InChI=1S/C12H11FN4/c13-12-2-1-9(3-10(12)4-14)5-15-6-11-7-16-8-17-11/h1-3,7-8,15H,5-6H2,(H,16,17). The van der Waals surface area contributed by atoms with Crippen molar-refractivity contribution in [3.63, 3.8) is 0 Å². The quantitative estimate of drug-likeness (QED) is 0.840. The highest BCUT2D eigenvalue weighted by Crippen LogP contribution is 2.09. The molecule has 0 aliphatic carbocycles. The molecule has 0 radical (unpaired) electrons. The lowest BCUT2D eigenvalue weighted by Crippen LogP contribution is -2.13. The lowest BCUT2D eigenvalue weighted by atomic mass is 10.1. The van der Waals surface area contributed by atoms with Crippen LogP contribution in [0, 0.1) is 17.1 Å². The summed E-state index contributed by atoms with van der Waals surface area (Å²) in [6, 6.07) is 6.35. The van der Waals surface area contributed by atoms with Gasteiger partial charge in [0.1, 0.15) is 11.9 Å². The molecular weight excluding hydrogens is 219 g/mol. The number of hydrogen-bond donors (Lipinski definition) is 2. The summed E-state index contributed by atoms with van der Waals surface area (Å²) in [5.74, 6) is -0.482. The zero-order valence-corrected chi connectivity index (χ0v) is 9.07. The Morgan fingerprint density at radius 2 is 2.29 bits per heavy atom. The Morgan fingerprint density at radius 1 is 1.41 bits per heavy atom. The van der Waals surface area contributed by atoms with E-state index in [-0.39, 0.29) is 5.56 Å². The van der Waals surface area contributed by atoms with Gasteiger partial charge in [0.25, 0.3) is 0 Å². The predicted octanol–water partition coefficient (Wildman–Crippen LogP) is 1.71. The predicted molar refractivity (Wildman–Crippen MR) is 60.2 cm³/mol. The fourth-order valence-electron chi connectivity index (χ4n) is 1.49. The molecule has 86 valence electrons. The summed E-state index contributed by atoms with van der Waals surface area (Å²) in [6.45, 7) is 1.23. The smallest absolute Gasteiger partial charge is 0.140 e. The first-order valence-corrected chi connectivity index (χ1v) is 5.16. The van der Waals surface area contributed by atoms with Crippen molar-refractivity contribution < 1.29 is 4.39 Å². The van der Waals surface area contributed by atoms with Gasteiger partial charge in [0.15, 0.2) is 0 Å². The summed E-state index contributed by atoms with van der Waals surface area (Å²) < 4.78 is 13.1. The molecule has 1 heterocycles. The van der Waals surface area contributed by atoms with Crippen LogP contribution in [0.25, 0.3) is 0 Å². The van der Waals surface area contributed by atoms with Crippen LogP contribution in [0.5, 0.6) is 0 Å². The number of nitrogens with zero attached hydrogens (tertiary/aromatic N) is 2. The SMILES string of the molecule is N#Cc1cc(CNCc2cnc[nH]2)ccc1F. The van der Waals surface area contributed by atoms with Crippen LogP contribution < -0.4 is 5.32 Å². The average molecular weight is 230 g/mol. The molecule has 2 N–H and O–H groups in total. The zero-order chi connectivity index (χ0) is 12.1. The van der Waals surface area contributed by atoms with Gasteiger partial charge in [0, 0.05) is 25.0 Å². The Kier molecular flexibility index (Phi) is 3.48. The molecule has 0 bridgehead atoms. The van der Waals surface area contributed by atoms with E-state index in [2.05, 4.69) is 15.3 Å². The van der Waals surface area contributed by atoms with Crippen molar-refractivity contribution in [2.45, 2.75) is 13.1 Å². The lowest BCUT2D eigenvalue weighted by Gasteiger charge is -2.04. The Bertz CT molecular complexity index is 528. The zero-order valence-electron chi connectivity index (χ0n) is 9.07. The van der Waals surface area contributed by atoms with Crippen molar-refractivity contribution in [2.75, 3.05) is 0 Å². The maximum Gasteiger partial charge on any atom is 0.140 e. The number of imidazole rings is 1. The van der Waals surface area contributed by atoms with Gasteiger partial charge in [-0.3, -0.25) is 0 Å². The molecule has 17 heavy (non-hydrogen) atoms. The Morgan fingerprint density at radius 3 is 3.00 bits per heavy atom. The molecule has 0 atom stereocenters. The summed E-state index contributed by atoms with van der Waals surface area (Å²) in [5, 5.41) is 11.9. The minimum Gasteiger partial charge on any atom is -0.347 e. The summed E-state index contributed by atoms with van der Waals surface area (Å²) in [6.07, 6.45) is 3.35. The number of aromatic amines is 1. The van der Waals surface area contributed by atoms with E-state index in [0.717, 1.165) is 11.3 Å². The fourth-order valence-corrected chi connectivity index (χ4v) is 1.49. The number of H-pyrrole nitrogens is 1. The van der Waals surface area contributed by atoms with Gasteiger partial charge in [-0.05, 0) is 17.7 Å². The van der Waals surface area contributed by atoms with E-state index >= 15 is 0 Å². The third kappa shape index (κ3) is 2.89. The van der Waals surface area contributed by atoms with Gasteiger partial charge in [0.05, 0.1) is 11.9 Å². The molecule has 0 amide bonds. The van der Waals surface area contributed by atoms with Crippen molar-refractivity contribution in [3.05, 3.63) is 53.4 Å². The van der Waals surface area contributed by atoms with E-state index in [1.165, 1.54) is 6.07 Å². The second-order valence-electron chi connectivity index (χ2n) is 3.61. The third-order valence-corrected chi connectivity index (χ3v) is 2.35. The minimum atomic E-state index is -0.482. The van der Waals surface area contributed by atoms with Gasteiger partial charge >= 0.3 is 0 Å². The molecule has 5 heteroatoms. The molecule has 4 nitrogen and oxygen atoms in total. The topological polar surface area (TPSA) is 64.5 Å². The highest BCUT2D eigenvalue weighted by atomic mass is 19.1. The maximum absolute atomic E-state index is 13.1. The largest absolute Gasteiger partial charge is 0.347 e. The van der Waals surface area contributed by atoms with Gasteiger partial charge in [-0.25, -0.2) is 9.37 Å². The molecule has 1 aromatic carbocycles. The molecule has 0 aliphatic heterocycles. The number of nitriles is 1. The van der Waals surface area contributed by atoms with E-state index in [0.29, 0.717) is 13.1 Å². The minimum absolute atomic E-state index is 0.0749. The Labute approximate surface area is 98.1 Å². The molecule has 1 aromatic heterocycles. The van der Waals surface area contributed by atoms with Gasteiger partial charge in [-0.2, -0.15) is 5.26 Å². The number of aromatic nitrogens is 2. The van der Waals surface area contributed by atoms with Crippen molar-refractivity contribution in [1.29, 1.82) is 5.26 Å². The first kappa shape index (κ1) is 11.3. The van der Waals surface area contributed by atoms with E-state index in [1.54, 1.807) is 24.7 Å². The van der Waals surface area contributed by atoms with Crippen LogP contribution in [0.2, 0.25) is 0 Å². The van der Waals surface area contributed by atoms with E-state index in [4.69, 9.17) is 5.26 Å². The van der Waals surface area contributed by atoms with Crippen LogP contribution >= 0.6 is 0 Å². The van der Waals surface area contributed by atoms with Crippen molar-refractivity contribution in [3.8, 4) is 6.07 Å². The second kappa shape index (κ2) is 5.23. The van der Waals surface area contributed by atoms with Crippen LogP contribution in [-0.4, -0.2) is 9.97 Å². The molecular formula is C12H11FN4. The van der Waals surface area contributed by atoms with Crippen LogP contribution in [-0.2, 0) is 13.1 Å². The molecule has 0 unspecified atom stereocenters. The van der Waals surface area contributed by atoms with Crippen molar-refractivity contribution in [2.24, 2.45) is 0 Å². The van der Waals surface area contributed by atoms with E-state index in [1.807, 2.05) is 6.07 Å². The highest BCUT2D eigenvalue weighted by Gasteiger charge is 2.02. The monoisotopic (exact) mass is 230 g/mol. The van der Waals surface area contributed by atoms with Crippen LogP contribution in [0.3, 0.4) is 0 Å². The van der Waals surface area contributed by atoms with Gasteiger partial charge in [-0.15, -0.1) is 0 Å². The van der Waals surface area contributed by atoms with Crippen molar-refractivity contribution >= 4 is 0 Å². The summed E-state index contributed by atoms with van der Waals surface area (Å²) in [7, 11) is 0. The van der Waals surface area contributed by atoms with Gasteiger partial charge in [0.2, 0.25) is 0 Å². The van der Waals surface area contributed by atoms with Gasteiger partial charge in [-0.1, -0.05) is 6.07 Å². The number of benzene rings is 1. The summed E-state index contributed by atoms with van der Waals surface area (Å²) in [5.41, 5.74) is 1.93. The lowest BCUT2D eigenvalue weighted by molar-refractivity contribution is 0.620. The number of nitrogens with one attached hydrogen (secondary N) is 2. The molecule has 0 saturated heterocycles. The average Bonchev–Trinajstić information content (AvgIpc) is 2.84. The van der Waals surface area contributed by atoms with Gasteiger partial charge < -0.3 is 10.3 Å². The number of halogens is 1. The Balaban J connectivity index is 1.93. The second-order valence-corrected chi connectivity index (χ2v) is 3.61. The maximum atomic E-state index is 13.1. The van der Waals surface area contributed by atoms with Crippen LogP contribution in [0.1, 0.15) is 16.8 Å². The molecule has 0 spiro atoms. The van der Waals surface area contributed by atoms with E-state index < -0.39 is 5.82 Å². The number of rotatable bonds is 4. The summed E-state index contributed by atoms with van der Waals surface area (Å²) >= 11 is 0. The van der Waals surface area contributed by atoms with Crippen LogP contribution in [0.15, 0.2) is 30.7 Å². The normalized spacial score (nSPS) is 10.1. The molecule has 2 aromatic rings. The molecule has 0 fully saturated rings. The molecule has 0 aliphatic rings. The third-order valence-electron chi connectivity index (χ3n) is 2.35. The van der Waals surface area contributed by atoms with Crippen LogP contribution in [0.4, 0.5) is 4.39 Å². The number of hydrogen-bond acceptors (Lipinski definition) is 3. The summed E-state index contributed by atoms with van der Waals surface area (Å²) in [4.78, 5) is 6.87. The van der Waals surface area contributed by atoms with Crippen molar-refractivity contribution in [1.82, 2.24) is 15.3 Å². The van der Waals surface area contributed by atoms with E-state index in [9.17, 15) is 4.39 Å². The highest BCUT2D eigenvalue weighted by molar-refractivity contribution is 5.34.